The van der Waals surface area contributed by atoms with Crippen molar-refractivity contribution in [3.8, 4) is 5.75 Å². The van der Waals surface area contributed by atoms with Crippen LogP contribution in [0.2, 0.25) is 0 Å². The zero-order valence-corrected chi connectivity index (χ0v) is 37.9. The summed E-state index contributed by atoms with van der Waals surface area (Å²) in [6.07, 6.45) is 25.7. The second-order valence-corrected chi connectivity index (χ2v) is 19.4. The predicted octanol–water partition coefficient (Wildman–Crippen LogP) is 9.62. The van der Waals surface area contributed by atoms with Gasteiger partial charge in [-0.05, 0) is 75.2 Å². The van der Waals surface area contributed by atoms with Crippen LogP contribution in [0.5, 0.6) is 5.75 Å². The zero-order valence-electron chi connectivity index (χ0n) is 37.9. The first-order valence-electron chi connectivity index (χ1n) is 24.3. The van der Waals surface area contributed by atoms with E-state index in [2.05, 4.69) is 51.9 Å². The summed E-state index contributed by atoms with van der Waals surface area (Å²) in [6, 6.07) is 15.2. The van der Waals surface area contributed by atoms with Gasteiger partial charge in [0.05, 0.1) is 18.3 Å². The van der Waals surface area contributed by atoms with Crippen molar-refractivity contribution in [2.45, 2.75) is 152 Å². The minimum absolute atomic E-state index is 0.199. The lowest BCUT2D eigenvalue weighted by atomic mass is 9.75. The van der Waals surface area contributed by atoms with Gasteiger partial charge in [-0.1, -0.05) is 127 Å². The molecule has 2 heterocycles. The summed E-state index contributed by atoms with van der Waals surface area (Å²) in [5, 5.41) is 24.1. The summed E-state index contributed by atoms with van der Waals surface area (Å²) in [6.45, 7) is 10.9. The van der Waals surface area contributed by atoms with Crippen molar-refractivity contribution in [3.63, 3.8) is 0 Å². The first-order chi connectivity index (χ1) is 28.6. The van der Waals surface area contributed by atoms with Gasteiger partial charge in [-0.15, -0.1) is 0 Å². The monoisotopic (exact) mass is 821 g/mol. The van der Waals surface area contributed by atoms with Crippen LogP contribution in [-0.4, -0.2) is 128 Å². The normalized spacial score (nSPS) is 28.8. The van der Waals surface area contributed by atoms with Crippen LogP contribution in [0.25, 0.3) is 0 Å². The Bertz CT molecular complexity index is 1430. The molecule has 4 aliphatic rings. The number of hydrogen-bond donors (Lipinski definition) is 2. The molecule has 2 aliphatic heterocycles. The van der Waals surface area contributed by atoms with E-state index in [0.29, 0.717) is 12.3 Å². The molecule has 0 amide bonds. The first-order valence-corrected chi connectivity index (χ1v) is 24.3. The van der Waals surface area contributed by atoms with Crippen LogP contribution in [0.1, 0.15) is 140 Å². The van der Waals surface area contributed by atoms with Crippen LogP contribution in [0.15, 0.2) is 48.5 Å². The molecule has 0 aromatic heterocycles. The summed E-state index contributed by atoms with van der Waals surface area (Å²) in [5.74, 6) is 1.29. The van der Waals surface area contributed by atoms with Crippen LogP contribution in [0.4, 0.5) is 4.39 Å². The summed E-state index contributed by atoms with van der Waals surface area (Å²) in [7, 11) is 6.12. The van der Waals surface area contributed by atoms with Crippen molar-refractivity contribution in [2.24, 2.45) is 11.8 Å². The van der Waals surface area contributed by atoms with Crippen LogP contribution < -0.4 is 4.74 Å². The lowest BCUT2D eigenvalue weighted by Gasteiger charge is -2.42. The highest BCUT2D eigenvalue weighted by atomic mass is 19.1. The van der Waals surface area contributed by atoms with Crippen molar-refractivity contribution < 1.29 is 19.3 Å². The molecule has 4 unspecified atom stereocenters. The molecule has 2 aliphatic carbocycles. The molecule has 0 spiro atoms. The molecule has 7 nitrogen and oxygen atoms in total. The van der Waals surface area contributed by atoms with Crippen molar-refractivity contribution in [3.05, 3.63) is 65.5 Å². The molecule has 2 saturated carbocycles. The van der Waals surface area contributed by atoms with E-state index in [1.807, 2.05) is 12.1 Å². The molecule has 8 heteroatoms. The van der Waals surface area contributed by atoms with Gasteiger partial charge >= 0.3 is 0 Å². The molecule has 59 heavy (non-hydrogen) atoms. The second-order valence-electron chi connectivity index (χ2n) is 19.4. The summed E-state index contributed by atoms with van der Waals surface area (Å²) >= 11 is 0. The smallest absolute Gasteiger partial charge is 0.123 e. The van der Waals surface area contributed by atoms with Gasteiger partial charge < -0.3 is 34.5 Å². The quantitative estimate of drug-likeness (QED) is 0.262. The fourth-order valence-corrected chi connectivity index (χ4v) is 10.5. The van der Waals surface area contributed by atoms with Crippen LogP contribution in [0.3, 0.4) is 0 Å². The van der Waals surface area contributed by atoms with E-state index in [9.17, 15) is 14.6 Å². The summed E-state index contributed by atoms with van der Waals surface area (Å²) in [5.41, 5.74) is 0.765. The molecule has 6 rings (SSSR count). The number of methoxy groups -OCH3 is 1. The number of rotatable bonds is 9. The number of ether oxygens (including phenoxy) is 1. The maximum absolute atomic E-state index is 13.8. The highest BCUT2D eigenvalue weighted by molar-refractivity contribution is 5.29. The lowest BCUT2D eigenvalue weighted by molar-refractivity contribution is -0.0483. The van der Waals surface area contributed by atoms with Gasteiger partial charge in [0.15, 0.2) is 0 Å². The zero-order chi connectivity index (χ0) is 41.8. The van der Waals surface area contributed by atoms with Crippen molar-refractivity contribution in [1.29, 1.82) is 0 Å². The lowest BCUT2D eigenvalue weighted by Crippen LogP contribution is -2.51. The van der Waals surface area contributed by atoms with Crippen molar-refractivity contribution in [1.82, 2.24) is 19.6 Å². The standard InChI is InChI=1S/C26H44N2O2.C25H41FN2O/c1-27-16-18-28(19-17-27)22-24-13-9-7-5-3-4-6-8-10-15-26(24,29)21-23-12-11-14-25(20-23)30-2;1-27-15-17-28(18-16-27)21-23-12-8-6-4-2-3-5-7-9-14-25(23,29)20-22-11-10-13-24(26)19-22/h11-12,14,20,24,29H,3-10,13,15-19,21-22H2,1-2H3;10-11,13,19,23,29H,2-9,12,14-18,20-21H2,1H3. The predicted molar refractivity (Wildman–Crippen MR) is 244 cm³/mol. The Morgan fingerprint density at radius 2 is 0.932 bits per heavy atom. The Kier molecular flexibility index (Phi) is 20.9. The van der Waals surface area contributed by atoms with E-state index in [4.69, 9.17) is 4.74 Å². The molecule has 0 radical (unpaired) electrons. The number of benzene rings is 2. The van der Waals surface area contributed by atoms with E-state index >= 15 is 0 Å². The van der Waals surface area contributed by atoms with Crippen molar-refractivity contribution >= 4 is 0 Å². The van der Waals surface area contributed by atoms with Gasteiger partial charge in [-0.3, -0.25) is 0 Å². The second kappa shape index (κ2) is 25.8. The highest BCUT2D eigenvalue weighted by Gasteiger charge is 2.39. The third kappa shape index (κ3) is 17.0. The minimum atomic E-state index is -0.740. The van der Waals surface area contributed by atoms with Crippen molar-refractivity contribution in [2.75, 3.05) is 86.7 Å². The van der Waals surface area contributed by atoms with Gasteiger partial charge in [0, 0.05) is 90.1 Å². The van der Waals surface area contributed by atoms with Gasteiger partial charge in [-0.2, -0.15) is 0 Å². The molecule has 2 aromatic carbocycles. The number of piperazine rings is 2. The topological polar surface area (TPSA) is 62.7 Å². The van der Waals surface area contributed by atoms with Gasteiger partial charge in [-0.25, -0.2) is 4.39 Å². The fraction of sp³-hybridized carbons (Fsp3) is 0.765. The molecular formula is C51H85FN4O3. The molecule has 0 bridgehead atoms. The van der Waals surface area contributed by atoms with Gasteiger partial charge in [0.25, 0.3) is 0 Å². The number of likely N-dealkylation sites (N-methyl/N-ethyl adjacent to an activating group) is 2. The summed E-state index contributed by atoms with van der Waals surface area (Å²) < 4.78 is 19.3. The Hall–Kier alpha value is -2.07. The number of aliphatic hydroxyl groups is 2. The van der Waals surface area contributed by atoms with E-state index in [1.54, 1.807) is 19.2 Å². The maximum Gasteiger partial charge on any atom is 0.123 e. The molecule has 4 fully saturated rings. The molecule has 334 valence electrons. The highest BCUT2D eigenvalue weighted by Crippen LogP contribution is 2.36. The molecule has 2 saturated heterocycles. The van der Waals surface area contributed by atoms with Gasteiger partial charge in [0.1, 0.15) is 11.6 Å². The third-order valence-electron chi connectivity index (χ3n) is 14.5. The SMILES string of the molecule is CN1CCN(CC2CCCCCCCCCCC2(O)Cc2cccc(F)c2)CC1.COc1cccc(CC2(O)CCCCCCCCCCC2CN2CCN(C)CC2)c1. The Morgan fingerprint density at radius 1 is 0.542 bits per heavy atom. The van der Waals surface area contributed by atoms with Crippen LogP contribution in [0, 0.1) is 17.7 Å². The Balaban J connectivity index is 0.000000224. The fourth-order valence-electron chi connectivity index (χ4n) is 10.5. The van der Waals surface area contributed by atoms with E-state index in [-0.39, 0.29) is 11.7 Å². The van der Waals surface area contributed by atoms with E-state index in [1.165, 1.54) is 102 Å². The van der Waals surface area contributed by atoms with Crippen LogP contribution >= 0.6 is 0 Å². The van der Waals surface area contributed by atoms with Gasteiger partial charge in [0.2, 0.25) is 0 Å². The molecule has 2 aromatic rings. The van der Waals surface area contributed by atoms with E-state index in [0.717, 1.165) is 122 Å². The summed E-state index contributed by atoms with van der Waals surface area (Å²) in [4.78, 5) is 9.95. The Morgan fingerprint density at radius 3 is 1.36 bits per heavy atom. The molecule has 4 atom stereocenters. The molecular weight excluding hydrogens is 736 g/mol. The number of nitrogens with zero attached hydrogens (tertiary/aromatic N) is 4. The van der Waals surface area contributed by atoms with E-state index < -0.39 is 11.2 Å². The molecule has 2 N–H and O–H groups in total. The number of halogens is 1. The largest absolute Gasteiger partial charge is 0.497 e. The average Bonchev–Trinajstić information content (AvgIpc) is 3.22. The first kappa shape index (κ1) is 48.0. The van der Waals surface area contributed by atoms with Crippen LogP contribution in [-0.2, 0) is 12.8 Å². The average molecular weight is 821 g/mol. The third-order valence-corrected chi connectivity index (χ3v) is 14.5. The Labute approximate surface area is 360 Å². The number of hydrogen-bond acceptors (Lipinski definition) is 7. The maximum atomic E-state index is 13.8. The minimum Gasteiger partial charge on any atom is -0.497 e.